The number of carbonyl (C=O) groups excluding carboxylic acids is 1. The highest BCUT2D eigenvalue weighted by Gasteiger charge is 2.11. The van der Waals surface area contributed by atoms with Gasteiger partial charge >= 0.3 is 0 Å². The lowest BCUT2D eigenvalue weighted by Crippen LogP contribution is -2.29. The molecule has 29 heavy (non-hydrogen) atoms. The minimum Gasteiger partial charge on any atom is -0.484 e. The Kier molecular flexibility index (Phi) is 5.20. The van der Waals surface area contributed by atoms with E-state index >= 15 is 0 Å². The highest BCUT2D eigenvalue weighted by Crippen LogP contribution is 2.18. The summed E-state index contributed by atoms with van der Waals surface area (Å²) >= 11 is 0. The second-order valence-electron chi connectivity index (χ2n) is 6.85. The number of fused-ring (bicyclic) bond motifs is 1. The summed E-state index contributed by atoms with van der Waals surface area (Å²) in [5.41, 5.74) is 4.71. The Morgan fingerprint density at radius 3 is 2.62 bits per heavy atom. The summed E-state index contributed by atoms with van der Waals surface area (Å²) < 4.78 is 7.17. The molecule has 0 radical (unpaired) electrons. The van der Waals surface area contributed by atoms with Crippen LogP contribution in [0.15, 0.2) is 60.7 Å². The summed E-state index contributed by atoms with van der Waals surface area (Å²) in [6.45, 7) is 4.16. The quantitative estimate of drug-likeness (QED) is 0.550. The topological polar surface area (TPSA) is 81.4 Å². The van der Waals surface area contributed by atoms with Crippen molar-refractivity contribution < 1.29 is 9.53 Å². The van der Waals surface area contributed by atoms with Crippen LogP contribution in [-0.2, 0) is 11.3 Å². The van der Waals surface area contributed by atoms with E-state index in [2.05, 4.69) is 20.6 Å². The Balaban J connectivity index is 1.43. The van der Waals surface area contributed by atoms with Crippen LogP contribution in [0.25, 0.3) is 16.9 Å². The van der Waals surface area contributed by atoms with E-state index < -0.39 is 0 Å². The number of amides is 1. The van der Waals surface area contributed by atoms with Gasteiger partial charge in [-0.25, -0.2) is 0 Å². The lowest BCUT2D eigenvalue weighted by Gasteiger charge is -2.08. The lowest BCUT2D eigenvalue weighted by atomic mass is 10.1. The van der Waals surface area contributed by atoms with Crippen LogP contribution in [0.1, 0.15) is 17.0 Å². The van der Waals surface area contributed by atoms with Gasteiger partial charge in [0.1, 0.15) is 5.75 Å². The van der Waals surface area contributed by atoms with E-state index in [0.29, 0.717) is 17.2 Å². The first-order valence-electron chi connectivity index (χ1n) is 9.33. The molecule has 0 bridgehead atoms. The van der Waals surface area contributed by atoms with Crippen molar-refractivity contribution in [3.05, 3.63) is 77.6 Å². The molecule has 0 saturated heterocycles. The van der Waals surface area contributed by atoms with Crippen LogP contribution in [0.2, 0.25) is 0 Å². The van der Waals surface area contributed by atoms with Crippen LogP contribution in [0.4, 0.5) is 0 Å². The van der Waals surface area contributed by atoms with Crippen LogP contribution in [0, 0.1) is 13.8 Å². The number of ether oxygens (including phenoxy) is 1. The maximum Gasteiger partial charge on any atom is 0.258 e. The number of nitrogens with zero attached hydrogens (tertiary/aromatic N) is 4. The number of hydrogen-bond acceptors (Lipinski definition) is 5. The third-order valence-electron chi connectivity index (χ3n) is 4.48. The third-order valence-corrected chi connectivity index (χ3v) is 4.48. The van der Waals surface area contributed by atoms with Crippen LogP contribution in [-0.4, -0.2) is 32.3 Å². The highest BCUT2D eigenvalue weighted by molar-refractivity contribution is 5.77. The molecule has 0 aliphatic rings. The molecule has 0 unspecified atom stereocenters. The fourth-order valence-corrected chi connectivity index (χ4v) is 2.90. The zero-order valence-electron chi connectivity index (χ0n) is 16.3. The van der Waals surface area contributed by atoms with Gasteiger partial charge in [-0.3, -0.25) is 4.79 Å². The summed E-state index contributed by atoms with van der Waals surface area (Å²) in [6.07, 6.45) is 0. The van der Waals surface area contributed by atoms with Crippen molar-refractivity contribution in [3.63, 3.8) is 0 Å². The Morgan fingerprint density at radius 2 is 1.83 bits per heavy atom. The van der Waals surface area contributed by atoms with Crippen molar-refractivity contribution in [2.75, 3.05) is 6.61 Å². The molecule has 0 aliphatic heterocycles. The Bertz CT molecular complexity index is 1150. The molecule has 7 nitrogen and oxygen atoms in total. The zero-order valence-corrected chi connectivity index (χ0v) is 16.3. The Labute approximate surface area is 168 Å². The standard InChI is InChI=1S/C22H21N5O2/c1-15-6-8-17(9-7-15)19-10-11-20-24-25-21(27(20)26-19)13-23-22(28)14-29-18-5-3-4-16(2)12-18/h3-12H,13-14H2,1-2H3,(H,23,28). The van der Waals surface area contributed by atoms with Gasteiger partial charge in [0.15, 0.2) is 18.1 Å². The van der Waals surface area contributed by atoms with Crippen molar-refractivity contribution in [1.82, 2.24) is 25.1 Å². The summed E-state index contributed by atoms with van der Waals surface area (Å²) in [7, 11) is 0. The van der Waals surface area contributed by atoms with Crippen molar-refractivity contribution >= 4 is 11.6 Å². The van der Waals surface area contributed by atoms with Crippen LogP contribution in [0.3, 0.4) is 0 Å². The van der Waals surface area contributed by atoms with E-state index in [9.17, 15) is 4.79 Å². The average Bonchev–Trinajstić information content (AvgIpc) is 3.13. The number of benzene rings is 2. The molecule has 2 aromatic carbocycles. The fourth-order valence-electron chi connectivity index (χ4n) is 2.90. The Morgan fingerprint density at radius 1 is 1.00 bits per heavy atom. The number of rotatable bonds is 6. The first kappa shape index (κ1) is 18.6. The summed E-state index contributed by atoms with van der Waals surface area (Å²) in [5.74, 6) is 0.980. The first-order chi connectivity index (χ1) is 14.1. The maximum absolute atomic E-state index is 12.1. The third kappa shape index (κ3) is 4.40. The number of carbonyl (C=O) groups is 1. The van der Waals surface area contributed by atoms with E-state index in [-0.39, 0.29) is 19.1 Å². The van der Waals surface area contributed by atoms with E-state index in [1.54, 1.807) is 4.52 Å². The summed E-state index contributed by atoms with van der Waals surface area (Å²) in [6, 6.07) is 19.5. The molecule has 0 spiro atoms. The van der Waals surface area contributed by atoms with E-state index in [0.717, 1.165) is 16.8 Å². The minimum absolute atomic E-state index is 0.0672. The van der Waals surface area contributed by atoms with Gasteiger partial charge < -0.3 is 10.1 Å². The molecule has 2 aromatic heterocycles. The molecule has 7 heteroatoms. The van der Waals surface area contributed by atoms with Crippen molar-refractivity contribution in [2.45, 2.75) is 20.4 Å². The SMILES string of the molecule is Cc1ccc(-c2ccc3nnc(CNC(=O)COc4cccc(C)c4)n3n2)cc1. The van der Waals surface area contributed by atoms with Gasteiger partial charge in [0.25, 0.3) is 5.91 Å². The second-order valence-corrected chi connectivity index (χ2v) is 6.85. The molecule has 2 heterocycles. The summed E-state index contributed by atoms with van der Waals surface area (Å²) in [5, 5.41) is 15.7. The number of hydrogen-bond donors (Lipinski definition) is 1. The van der Waals surface area contributed by atoms with E-state index in [1.807, 2.05) is 74.5 Å². The van der Waals surface area contributed by atoms with E-state index in [4.69, 9.17) is 4.74 Å². The number of aromatic nitrogens is 4. The molecule has 0 fully saturated rings. The lowest BCUT2D eigenvalue weighted by molar-refractivity contribution is -0.123. The molecule has 0 atom stereocenters. The predicted molar refractivity (Wildman–Crippen MR) is 109 cm³/mol. The smallest absolute Gasteiger partial charge is 0.258 e. The fraction of sp³-hybridized carbons (Fsp3) is 0.182. The summed E-state index contributed by atoms with van der Waals surface area (Å²) in [4.78, 5) is 12.1. The van der Waals surface area contributed by atoms with Gasteiger partial charge in [-0.05, 0) is 43.7 Å². The molecule has 4 aromatic rings. The molecule has 146 valence electrons. The van der Waals surface area contributed by atoms with Gasteiger partial charge in [0.2, 0.25) is 0 Å². The monoisotopic (exact) mass is 387 g/mol. The second kappa shape index (κ2) is 8.10. The maximum atomic E-state index is 12.1. The Hall–Kier alpha value is -3.74. The number of aryl methyl sites for hydroxylation is 2. The first-order valence-corrected chi connectivity index (χ1v) is 9.33. The average molecular weight is 387 g/mol. The highest BCUT2D eigenvalue weighted by atomic mass is 16.5. The van der Waals surface area contributed by atoms with Crippen molar-refractivity contribution in [1.29, 1.82) is 0 Å². The van der Waals surface area contributed by atoms with E-state index in [1.165, 1.54) is 5.56 Å². The minimum atomic E-state index is -0.238. The van der Waals surface area contributed by atoms with Gasteiger partial charge in [-0.1, -0.05) is 42.0 Å². The molecule has 4 rings (SSSR count). The molecular formula is C22H21N5O2. The van der Waals surface area contributed by atoms with Crippen LogP contribution >= 0.6 is 0 Å². The van der Waals surface area contributed by atoms with Gasteiger partial charge in [0.05, 0.1) is 12.2 Å². The van der Waals surface area contributed by atoms with Gasteiger partial charge in [0, 0.05) is 5.56 Å². The largest absolute Gasteiger partial charge is 0.484 e. The van der Waals surface area contributed by atoms with Gasteiger partial charge in [-0.2, -0.15) is 9.61 Å². The molecule has 0 aliphatic carbocycles. The van der Waals surface area contributed by atoms with Gasteiger partial charge in [-0.15, -0.1) is 10.2 Å². The van der Waals surface area contributed by atoms with Crippen LogP contribution in [0.5, 0.6) is 5.75 Å². The number of nitrogens with one attached hydrogen (secondary N) is 1. The molecule has 1 N–H and O–H groups in total. The molecule has 0 saturated carbocycles. The normalized spacial score (nSPS) is 10.8. The van der Waals surface area contributed by atoms with Crippen molar-refractivity contribution in [2.24, 2.45) is 0 Å². The predicted octanol–water partition coefficient (Wildman–Crippen LogP) is 3.10. The molecular weight excluding hydrogens is 366 g/mol. The molecule has 1 amide bonds. The van der Waals surface area contributed by atoms with Crippen LogP contribution < -0.4 is 10.1 Å². The zero-order chi connectivity index (χ0) is 20.2. The van der Waals surface area contributed by atoms with Crippen molar-refractivity contribution in [3.8, 4) is 17.0 Å².